The number of aromatic carboxylic acids is 1. The number of benzene rings is 3. The van der Waals surface area contributed by atoms with Gasteiger partial charge in [-0.25, -0.2) is 4.79 Å². The van der Waals surface area contributed by atoms with Crippen LogP contribution >= 0.6 is 12.2 Å². The van der Waals surface area contributed by atoms with Crippen molar-refractivity contribution in [1.29, 1.82) is 0 Å². The first kappa shape index (κ1) is 23.7. The Balaban J connectivity index is 1.55. The van der Waals surface area contributed by atoms with Gasteiger partial charge < -0.3 is 14.6 Å². The van der Waals surface area contributed by atoms with Gasteiger partial charge in [0.2, 0.25) is 0 Å². The molecule has 0 spiro atoms. The lowest BCUT2D eigenvalue weighted by molar-refractivity contribution is -0.122. The van der Waals surface area contributed by atoms with E-state index in [1.165, 1.54) is 30.2 Å². The van der Waals surface area contributed by atoms with Gasteiger partial charge >= 0.3 is 5.97 Å². The number of nitrogens with zero attached hydrogens (tertiary/aromatic N) is 1. The highest BCUT2D eigenvalue weighted by atomic mass is 32.1. The van der Waals surface area contributed by atoms with Crippen LogP contribution < -0.4 is 19.7 Å². The molecule has 1 heterocycles. The Morgan fingerprint density at radius 3 is 2.40 bits per heavy atom. The van der Waals surface area contributed by atoms with E-state index in [9.17, 15) is 14.4 Å². The Hall–Kier alpha value is -4.50. The number of nitrogens with one attached hydrogen (secondary N) is 1. The number of carbonyl (C=O) groups excluding carboxylic acids is 2. The van der Waals surface area contributed by atoms with Gasteiger partial charge in [0.25, 0.3) is 11.8 Å². The van der Waals surface area contributed by atoms with Gasteiger partial charge in [0.15, 0.2) is 16.6 Å². The summed E-state index contributed by atoms with van der Waals surface area (Å²) in [4.78, 5) is 37.9. The molecule has 2 amide bonds. The van der Waals surface area contributed by atoms with E-state index in [0.717, 1.165) is 5.56 Å². The van der Waals surface area contributed by atoms with E-state index in [-0.39, 0.29) is 22.9 Å². The highest BCUT2D eigenvalue weighted by Crippen LogP contribution is 2.30. The van der Waals surface area contributed by atoms with E-state index in [1.807, 2.05) is 6.07 Å². The second-order valence-electron chi connectivity index (χ2n) is 7.49. The van der Waals surface area contributed by atoms with Gasteiger partial charge in [-0.05, 0) is 65.8 Å². The predicted octanol–water partition coefficient (Wildman–Crippen LogP) is 3.80. The zero-order chi connectivity index (χ0) is 24.9. The van der Waals surface area contributed by atoms with E-state index < -0.39 is 17.8 Å². The number of hydrogen-bond acceptors (Lipinski definition) is 6. The van der Waals surface area contributed by atoms with Gasteiger partial charge in [-0.3, -0.25) is 19.8 Å². The smallest absolute Gasteiger partial charge is 0.335 e. The molecule has 9 heteroatoms. The minimum absolute atomic E-state index is 0.0149. The summed E-state index contributed by atoms with van der Waals surface area (Å²) in [5.74, 6) is -1.27. The first-order valence-corrected chi connectivity index (χ1v) is 10.9. The average Bonchev–Trinajstić information content (AvgIpc) is 2.86. The number of anilines is 1. The first-order chi connectivity index (χ1) is 16.9. The third kappa shape index (κ3) is 5.20. The van der Waals surface area contributed by atoms with Crippen LogP contribution in [0.3, 0.4) is 0 Å². The molecule has 1 saturated heterocycles. The third-order valence-electron chi connectivity index (χ3n) is 5.21. The fraction of sp³-hybridized carbons (Fsp3) is 0.0769. The Kier molecular flexibility index (Phi) is 6.88. The van der Waals surface area contributed by atoms with Gasteiger partial charge in [0.1, 0.15) is 12.2 Å². The summed E-state index contributed by atoms with van der Waals surface area (Å²) in [5, 5.41) is 11.6. The lowest BCUT2D eigenvalue weighted by Gasteiger charge is -2.28. The summed E-state index contributed by atoms with van der Waals surface area (Å²) in [6.07, 6.45) is 1.46. The van der Waals surface area contributed by atoms with Crippen molar-refractivity contribution in [2.45, 2.75) is 6.61 Å². The van der Waals surface area contributed by atoms with Crippen molar-refractivity contribution in [3.63, 3.8) is 0 Å². The minimum atomic E-state index is -0.998. The average molecular weight is 489 g/mol. The molecule has 3 aromatic carbocycles. The highest BCUT2D eigenvalue weighted by Gasteiger charge is 2.34. The molecule has 3 aromatic rings. The number of hydrogen-bond donors (Lipinski definition) is 2. The molecule has 0 bridgehead atoms. The van der Waals surface area contributed by atoms with Crippen LogP contribution in [-0.2, 0) is 16.2 Å². The number of thiocarbonyl (C=S) groups is 1. The van der Waals surface area contributed by atoms with Crippen LogP contribution in [0.4, 0.5) is 5.69 Å². The van der Waals surface area contributed by atoms with Gasteiger partial charge in [0, 0.05) is 0 Å². The predicted molar refractivity (Wildman–Crippen MR) is 133 cm³/mol. The summed E-state index contributed by atoms with van der Waals surface area (Å²) in [6, 6.07) is 20.2. The summed E-state index contributed by atoms with van der Waals surface area (Å²) in [6.45, 7) is 0.196. The highest BCUT2D eigenvalue weighted by molar-refractivity contribution is 7.80. The van der Waals surface area contributed by atoms with Crippen molar-refractivity contribution in [1.82, 2.24) is 5.32 Å². The largest absolute Gasteiger partial charge is 0.493 e. The number of ether oxygens (including phenoxy) is 2. The van der Waals surface area contributed by atoms with Crippen LogP contribution in [0, 0.1) is 0 Å². The second-order valence-corrected chi connectivity index (χ2v) is 7.88. The monoisotopic (exact) mass is 488 g/mol. The molecule has 0 unspecified atom stereocenters. The van der Waals surface area contributed by atoms with Crippen molar-refractivity contribution in [3.8, 4) is 11.5 Å². The number of para-hydroxylation sites is 1. The van der Waals surface area contributed by atoms with Crippen molar-refractivity contribution in [3.05, 3.63) is 95.1 Å². The quantitative estimate of drug-likeness (QED) is 0.296. The zero-order valence-corrected chi connectivity index (χ0v) is 19.4. The summed E-state index contributed by atoms with van der Waals surface area (Å²) in [7, 11) is 1.48. The van der Waals surface area contributed by atoms with Gasteiger partial charge in [-0.2, -0.15) is 0 Å². The van der Waals surface area contributed by atoms with Gasteiger partial charge in [-0.15, -0.1) is 0 Å². The van der Waals surface area contributed by atoms with Crippen LogP contribution in [0.2, 0.25) is 0 Å². The molecule has 4 rings (SSSR count). The van der Waals surface area contributed by atoms with E-state index in [0.29, 0.717) is 22.7 Å². The molecule has 0 saturated carbocycles. The molecule has 0 aromatic heterocycles. The van der Waals surface area contributed by atoms with E-state index >= 15 is 0 Å². The molecule has 35 heavy (non-hydrogen) atoms. The van der Waals surface area contributed by atoms with E-state index in [2.05, 4.69) is 5.32 Å². The molecule has 176 valence electrons. The third-order valence-corrected chi connectivity index (χ3v) is 5.49. The number of carbonyl (C=O) groups is 3. The number of rotatable bonds is 7. The standard InChI is InChI=1S/C26H20N2O6S/c1-33-22-14-17(9-12-21(22)34-15-16-7-10-18(11-8-16)25(31)32)13-20-23(29)27-26(35)28(24(20)30)19-5-3-2-4-6-19/h2-14H,15H2,1H3,(H,31,32)(H,27,29,35)/b20-13-. The molecule has 0 aliphatic carbocycles. The molecular formula is C26H20N2O6S. The van der Waals surface area contributed by atoms with Crippen LogP contribution in [0.25, 0.3) is 6.08 Å². The Bertz CT molecular complexity index is 1340. The molecule has 1 aliphatic heterocycles. The lowest BCUT2D eigenvalue weighted by Crippen LogP contribution is -2.54. The van der Waals surface area contributed by atoms with Gasteiger partial charge in [-0.1, -0.05) is 36.4 Å². The maximum atomic E-state index is 13.1. The van der Waals surface area contributed by atoms with Crippen molar-refractivity contribution < 1.29 is 29.0 Å². The second kappa shape index (κ2) is 10.2. The molecule has 2 N–H and O–H groups in total. The zero-order valence-electron chi connectivity index (χ0n) is 18.6. The van der Waals surface area contributed by atoms with Crippen LogP contribution in [0.5, 0.6) is 11.5 Å². The summed E-state index contributed by atoms with van der Waals surface area (Å²) in [5.41, 5.74) is 2.00. The maximum absolute atomic E-state index is 13.1. The maximum Gasteiger partial charge on any atom is 0.335 e. The fourth-order valence-corrected chi connectivity index (χ4v) is 3.71. The summed E-state index contributed by atoms with van der Waals surface area (Å²) >= 11 is 5.21. The number of carboxylic acids is 1. The van der Waals surface area contributed by atoms with Crippen molar-refractivity contribution in [2.75, 3.05) is 12.0 Å². The van der Waals surface area contributed by atoms with Crippen LogP contribution in [0.15, 0.2) is 78.4 Å². The number of amides is 2. The van der Waals surface area contributed by atoms with Gasteiger partial charge in [0.05, 0.1) is 18.4 Å². The number of carboxylic acid groups (broad SMARTS) is 1. The molecular weight excluding hydrogens is 468 g/mol. The SMILES string of the molecule is COc1cc(/C=C2/C(=O)NC(=S)N(c3ccccc3)C2=O)ccc1OCc1ccc(C(=O)O)cc1. The molecule has 0 atom stereocenters. The van der Waals surface area contributed by atoms with E-state index in [4.69, 9.17) is 26.8 Å². The Labute approximate surface area is 206 Å². The molecule has 1 fully saturated rings. The fourth-order valence-electron chi connectivity index (χ4n) is 3.43. The first-order valence-electron chi connectivity index (χ1n) is 10.5. The number of methoxy groups -OCH3 is 1. The summed E-state index contributed by atoms with van der Waals surface area (Å²) < 4.78 is 11.3. The normalized spacial score (nSPS) is 14.6. The Morgan fingerprint density at radius 1 is 1.03 bits per heavy atom. The van der Waals surface area contributed by atoms with Crippen molar-refractivity contribution in [2.24, 2.45) is 0 Å². The topological polar surface area (TPSA) is 105 Å². The molecule has 0 radical (unpaired) electrons. The van der Waals surface area contributed by atoms with Crippen LogP contribution in [0.1, 0.15) is 21.5 Å². The minimum Gasteiger partial charge on any atom is -0.493 e. The molecule has 1 aliphatic rings. The van der Waals surface area contributed by atoms with E-state index in [1.54, 1.807) is 54.6 Å². The lowest BCUT2D eigenvalue weighted by atomic mass is 10.1. The Morgan fingerprint density at radius 2 is 1.74 bits per heavy atom. The van der Waals surface area contributed by atoms with Crippen molar-refractivity contribution >= 4 is 46.9 Å². The molecule has 8 nitrogen and oxygen atoms in total. The van der Waals surface area contributed by atoms with Crippen LogP contribution in [-0.4, -0.2) is 35.1 Å².